The summed E-state index contributed by atoms with van der Waals surface area (Å²) in [7, 11) is 0. The third-order valence-corrected chi connectivity index (χ3v) is 6.97. The van der Waals surface area contributed by atoms with Gasteiger partial charge in [-0.2, -0.15) is 11.8 Å². The number of halogens is 2. The first-order chi connectivity index (χ1) is 13.2. The van der Waals surface area contributed by atoms with Gasteiger partial charge in [0, 0.05) is 11.0 Å². The van der Waals surface area contributed by atoms with Gasteiger partial charge in [0.1, 0.15) is 16.9 Å². The number of alkyl halides is 2. The Labute approximate surface area is 165 Å². The number of primary amides is 1. The quantitative estimate of drug-likeness (QED) is 0.703. The van der Waals surface area contributed by atoms with E-state index in [-0.39, 0.29) is 16.8 Å². The third-order valence-electron chi connectivity index (χ3n) is 5.44. The van der Waals surface area contributed by atoms with Crippen LogP contribution >= 0.6 is 11.8 Å². The van der Waals surface area contributed by atoms with Crippen molar-refractivity contribution in [1.29, 1.82) is 0 Å². The fourth-order valence-electron chi connectivity index (χ4n) is 3.22. The second-order valence-corrected chi connectivity index (χ2v) is 9.06. The molecule has 2 atom stereocenters. The highest BCUT2D eigenvalue weighted by Crippen LogP contribution is 2.39. The average Bonchev–Trinajstić information content (AvgIpc) is 3.44. The normalized spacial score (nSPS) is 28.1. The minimum Gasteiger partial charge on any atom is -0.476 e. The summed E-state index contributed by atoms with van der Waals surface area (Å²) in [4.78, 5) is 30.3. The van der Waals surface area contributed by atoms with Gasteiger partial charge < -0.3 is 20.7 Å². The molecule has 10 heteroatoms. The minimum absolute atomic E-state index is 0.0616. The number of nitrogens with zero attached hydrogens (tertiary/aromatic N) is 2. The monoisotopic (exact) mass is 412 g/mol. The first-order valence-corrected chi connectivity index (χ1v) is 10.3. The lowest BCUT2D eigenvalue weighted by molar-refractivity contribution is -0.123. The van der Waals surface area contributed by atoms with Crippen LogP contribution in [0.25, 0.3) is 0 Å². The highest BCUT2D eigenvalue weighted by atomic mass is 32.2. The molecule has 1 aliphatic carbocycles. The van der Waals surface area contributed by atoms with Crippen LogP contribution in [0.5, 0.6) is 5.88 Å². The summed E-state index contributed by atoms with van der Waals surface area (Å²) in [6.45, 7) is 1.46. The van der Waals surface area contributed by atoms with E-state index in [0.29, 0.717) is 24.0 Å². The lowest BCUT2D eigenvalue weighted by atomic mass is 9.95. The maximum atomic E-state index is 13.3. The maximum Gasteiger partial charge on any atom is 0.282 e. The van der Waals surface area contributed by atoms with Crippen molar-refractivity contribution in [3.8, 4) is 5.88 Å². The van der Waals surface area contributed by atoms with Crippen LogP contribution in [0.1, 0.15) is 30.3 Å². The predicted octanol–water partition coefficient (Wildman–Crippen LogP) is 1.41. The van der Waals surface area contributed by atoms with Crippen LogP contribution < -0.4 is 20.7 Å². The molecule has 2 saturated heterocycles. The topological polar surface area (TPSA) is 97.6 Å². The van der Waals surface area contributed by atoms with Crippen molar-refractivity contribution in [1.82, 2.24) is 10.3 Å². The van der Waals surface area contributed by atoms with Gasteiger partial charge in [-0.3, -0.25) is 9.59 Å². The molecule has 0 spiro atoms. The molecule has 1 saturated carbocycles. The Bertz CT molecular complexity index is 812. The van der Waals surface area contributed by atoms with Crippen LogP contribution in [-0.2, 0) is 4.79 Å². The average molecular weight is 412 g/mol. The smallest absolute Gasteiger partial charge is 0.282 e. The summed E-state index contributed by atoms with van der Waals surface area (Å²) in [6.07, 6.45) is 2.13. The highest BCUT2D eigenvalue weighted by Gasteiger charge is 2.51. The zero-order valence-corrected chi connectivity index (χ0v) is 16.2. The number of hydrogen-bond acceptors (Lipinski definition) is 6. The molecule has 7 nitrogen and oxygen atoms in total. The van der Waals surface area contributed by atoms with Crippen molar-refractivity contribution in [3.05, 3.63) is 17.8 Å². The molecule has 2 unspecified atom stereocenters. The van der Waals surface area contributed by atoms with E-state index in [1.807, 2.05) is 6.92 Å². The number of ether oxygens (including phenoxy) is 1. The maximum absolute atomic E-state index is 13.3. The summed E-state index contributed by atoms with van der Waals surface area (Å²) in [6, 6.07) is 3.02. The molecule has 0 radical (unpaired) electrons. The number of anilines is 1. The second-order valence-electron chi connectivity index (χ2n) is 7.73. The Morgan fingerprint density at radius 2 is 2.11 bits per heavy atom. The van der Waals surface area contributed by atoms with Crippen molar-refractivity contribution in [3.63, 3.8) is 0 Å². The number of nitrogens with two attached hydrogens (primary N) is 1. The molecular weight excluding hydrogens is 390 g/mol. The predicted molar refractivity (Wildman–Crippen MR) is 101 cm³/mol. The van der Waals surface area contributed by atoms with Crippen LogP contribution in [0, 0.1) is 5.92 Å². The molecule has 2 amide bonds. The molecule has 3 heterocycles. The van der Waals surface area contributed by atoms with Gasteiger partial charge in [0.15, 0.2) is 0 Å². The Morgan fingerprint density at radius 1 is 1.39 bits per heavy atom. The molecule has 1 aromatic rings. The van der Waals surface area contributed by atoms with E-state index in [9.17, 15) is 18.4 Å². The van der Waals surface area contributed by atoms with E-state index in [4.69, 9.17) is 10.5 Å². The van der Waals surface area contributed by atoms with Crippen LogP contribution in [0.2, 0.25) is 0 Å². The molecule has 152 valence electrons. The number of rotatable bonds is 7. The van der Waals surface area contributed by atoms with E-state index in [1.54, 1.807) is 6.07 Å². The van der Waals surface area contributed by atoms with Crippen molar-refractivity contribution >= 4 is 29.3 Å². The van der Waals surface area contributed by atoms with Gasteiger partial charge in [0.25, 0.3) is 11.8 Å². The first-order valence-electron chi connectivity index (χ1n) is 9.21. The van der Waals surface area contributed by atoms with Crippen molar-refractivity contribution in [2.75, 3.05) is 30.3 Å². The summed E-state index contributed by atoms with van der Waals surface area (Å²) >= 11 is 1.53. The fourth-order valence-corrected chi connectivity index (χ4v) is 4.45. The lowest BCUT2D eigenvalue weighted by Gasteiger charge is -2.44. The zero-order chi connectivity index (χ0) is 20.1. The van der Waals surface area contributed by atoms with Gasteiger partial charge in [-0.25, -0.2) is 13.8 Å². The summed E-state index contributed by atoms with van der Waals surface area (Å²) in [5.74, 6) is -2.84. The Balaban J connectivity index is 1.54. The molecule has 2 aliphatic heterocycles. The van der Waals surface area contributed by atoms with Crippen LogP contribution in [0.3, 0.4) is 0 Å². The van der Waals surface area contributed by atoms with Gasteiger partial charge in [0.2, 0.25) is 11.8 Å². The molecular formula is C18H22F2N4O3S. The Morgan fingerprint density at radius 3 is 2.61 bits per heavy atom. The molecule has 3 fully saturated rings. The number of carbonyl (C=O) groups excluding carboxylic acids is 2. The molecule has 4 rings (SSSR count). The van der Waals surface area contributed by atoms with Crippen molar-refractivity contribution < 1.29 is 23.1 Å². The number of carbonyl (C=O) groups is 2. The summed E-state index contributed by atoms with van der Waals surface area (Å²) in [5, 5.41) is 2.57. The molecule has 3 N–H and O–H groups in total. The van der Waals surface area contributed by atoms with Gasteiger partial charge in [-0.15, -0.1) is 0 Å². The van der Waals surface area contributed by atoms with Gasteiger partial charge >= 0.3 is 0 Å². The summed E-state index contributed by atoms with van der Waals surface area (Å²) < 4.78 is 32.3. The van der Waals surface area contributed by atoms with E-state index in [0.717, 1.165) is 12.8 Å². The molecule has 28 heavy (non-hydrogen) atoms. The molecule has 3 aliphatic rings. The standard InChI is InChI=1S/C18H22F2N4O3S/c1-10-18(9-28-10,16(21)26)23-14(25)12-4-5-13(24-7-17(19,20)8-24)15(22-12)27-6-11-2-3-11/h4-5,10-11H,2-3,6-9H2,1H3,(H2,21,26)(H,23,25). The molecule has 0 bridgehead atoms. The number of pyridine rings is 1. The third kappa shape index (κ3) is 3.49. The Hall–Kier alpha value is -2.10. The van der Waals surface area contributed by atoms with Gasteiger partial charge in [0.05, 0.1) is 19.7 Å². The van der Waals surface area contributed by atoms with E-state index in [1.165, 1.54) is 22.7 Å². The largest absolute Gasteiger partial charge is 0.476 e. The van der Waals surface area contributed by atoms with E-state index < -0.39 is 36.4 Å². The van der Waals surface area contributed by atoms with Crippen LogP contribution in [0.4, 0.5) is 14.5 Å². The zero-order valence-electron chi connectivity index (χ0n) is 15.4. The van der Waals surface area contributed by atoms with Crippen LogP contribution in [0.15, 0.2) is 12.1 Å². The lowest BCUT2D eigenvalue weighted by Crippen LogP contribution is -2.69. The number of amides is 2. The summed E-state index contributed by atoms with van der Waals surface area (Å²) in [5.41, 5.74) is 4.90. The minimum atomic E-state index is -2.73. The SMILES string of the molecule is CC1SCC1(NC(=O)c1ccc(N2CC(F)(F)C2)c(OCC2CC2)n1)C(N)=O. The van der Waals surface area contributed by atoms with Crippen molar-refractivity contribution in [2.45, 2.75) is 36.5 Å². The van der Waals surface area contributed by atoms with Gasteiger partial charge in [-0.1, -0.05) is 6.92 Å². The number of hydrogen-bond donors (Lipinski definition) is 2. The Kier molecular flexibility index (Phi) is 4.64. The highest BCUT2D eigenvalue weighted by molar-refractivity contribution is 8.01. The molecule has 1 aromatic heterocycles. The number of thioether (sulfide) groups is 1. The van der Waals surface area contributed by atoms with Gasteiger partial charge in [-0.05, 0) is 30.9 Å². The van der Waals surface area contributed by atoms with E-state index >= 15 is 0 Å². The number of aromatic nitrogens is 1. The first kappa shape index (κ1) is 19.2. The second kappa shape index (κ2) is 6.75. The fraction of sp³-hybridized carbons (Fsp3) is 0.611. The molecule has 0 aromatic carbocycles. The van der Waals surface area contributed by atoms with E-state index in [2.05, 4.69) is 10.3 Å². The van der Waals surface area contributed by atoms with Crippen LogP contribution in [-0.4, -0.2) is 59.0 Å². The number of nitrogens with one attached hydrogen (secondary N) is 1. The van der Waals surface area contributed by atoms with Crippen molar-refractivity contribution in [2.24, 2.45) is 11.7 Å².